The first-order valence-electron chi connectivity index (χ1n) is 9.32. The molecule has 8 heteroatoms. The molecule has 29 heavy (non-hydrogen) atoms. The second-order valence-electron chi connectivity index (χ2n) is 7.04. The number of Topliss-reactive ketones (excluding diaryl/α,β-unsaturated/α-hetero) is 1. The highest BCUT2D eigenvalue weighted by atomic mass is 35.5. The van der Waals surface area contributed by atoms with Crippen LogP contribution in [-0.4, -0.2) is 66.6 Å². The Hall–Kier alpha value is -2.48. The van der Waals surface area contributed by atoms with Crippen LogP contribution in [0.3, 0.4) is 0 Å². The number of aliphatic hydroxyl groups is 1. The highest BCUT2D eigenvalue weighted by molar-refractivity contribution is 6.31. The van der Waals surface area contributed by atoms with Crippen LogP contribution in [0, 0.1) is 5.82 Å². The first-order valence-corrected chi connectivity index (χ1v) is 9.70. The molecule has 0 saturated carbocycles. The van der Waals surface area contributed by atoms with Gasteiger partial charge >= 0.3 is 6.03 Å². The molecule has 1 aliphatic heterocycles. The van der Waals surface area contributed by atoms with Crippen LogP contribution >= 0.6 is 11.6 Å². The number of rotatable bonds is 5. The van der Waals surface area contributed by atoms with Crippen molar-refractivity contribution in [2.45, 2.75) is 6.54 Å². The average molecular weight is 420 g/mol. The largest absolute Gasteiger partial charge is 0.388 e. The molecular formula is C21H23ClFN3O3. The minimum atomic E-state index is -0.554. The van der Waals surface area contributed by atoms with Crippen LogP contribution < -0.4 is 4.90 Å². The van der Waals surface area contributed by atoms with Gasteiger partial charge in [-0.2, -0.15) is 0 Å². The van der Waals surface area contributed by atoms with Crippen molar-refractivity contribution >= 4 is 29.1 Å². The van der Waals surface area contributed by atoms with Crippen molar-refractivity contribution in [1.29, 1.82) is 0 Å². The van der Waals surface area contributed by atoms with Gasteiger partial charge in [0, 0.05) is 37.4 Å². The molecule has 1 heterocycles. The molecule has 0 aliphatic carbocycles. The second-order valence-corrected chi connectivity index (χ2v) is 7.44. The zero-order valence-electron chi connectivity index (χ0n) is 16.1. The van der Waals surface area contributed by atoms with Crippen LogP contribution in [0.1, 0.15) is 15.9 Å². The van der Waals surface area contributed by atoms with Crippen LogP contribution in [0.15, 0.2) is 42.5 Å². The SMILES string of the molecule is CN1CCN(C(=O)N(Cc2ccc(C(=O)CO)cc2)c2ccc(F)c(Cl)c2)CC1. The Labute approximate surface area is 174 Å². The van der Waals surface area contributed by atoms with E-state index in [0.717, 1.165) is 18.7 Å². The lowest BCUT2D eigenvalue weighted by Crippen LogP contribution is -2.51. The molecule has 2 aromatic carbocycles. The summed E-state index contributed by atoms with van der Waals surface area (Å²) in [6.07, 6.45) is 0. The molecule has 154 valence electrons. The predicted molar refractivity (Wildman–Crippen MR) is 110 cm³/mol. The van der Waals surface area contributed by atoms with Gasteiger partial charge in [-0.25, -0.2) is 9.18 Å². The molecule has 0 unspecified atom stereocenters. The Morgan fingerprint density at radius 2 is 1.76 bits per heavy atom. The van der Waals surface area contributed by atoms with Crippen LogP contribution in [0.25, 0.3) is 0 Å². The first-order chi connectivity index (χ1) is 13.9. The molecule has 2 aromatic rings. The van der Waals surface area contributed by atoms with E-state index in [4.69, 9.17) is 16.7 Å². The van der Waals surface area contributed by atoms with Gasteiger partial charge < -0.3 is 14.9 Å². The number of aliphatic hydroxyl groups excluding tert-OH is 1. The highest BCUT2D eigenvalue weighted by Gasteiger charge is 2.26. The normalized spacial score (nSPS) is 14.7. The summed E-state index contributed by atoms with van der Waals surface area (Å²) < 4.78 is 13.6. The van der Waals surface area contributed by atoms with Gasteiger partial charge in [-0.3, -0.25) is 9.69 Å². The van der Waals surface area contributed by atoms with Crippen LogP contribution in [0.2, 0.25) is 5.02 Å². The topological polar surface area (TPSA) is 64.1 Å². The number of benzene rings is 2. The van der Waals surface area contributed by atoms with Gasteiger partial charge in [0.25, 0.3) is 0 Å². The van der Waals surface area contributed by atoms with Crippen molar-refractivity contribution in [1.82, 2.24) is 9.80 Å². The van der Waals surface area contributed by atoms with Gasteiger partial charge in [0.1, 0.15) is 12.4 Å². The maximum Gasteiger partial charge on any atom is 0.324 e. The summed E-state index contributed by atoms with van der Waals surface area (Å²) in [5, 5.41) is 8.93. The summed E-state index contributed by atoms with van der Waals surface area (Å²) in [4.78, 5) is 30.3. The quantitative estimate of drug-likeness (QED) is 0.757. The van der Waals surface area contributed by atoms with Crippen molar-refractivity contribution < 1.29 is 19.1 Å². The fourth-order valence-corrected chi connectivity index (χ4v) is 3.34. The van der Waals surface area contributed by atoms with Gasteiger partial charge in [-0.1, -0.05) is 35.9 Å². The average Bonchev–Trinajstić information content (AvgIpc) is 2.74. The minimum Gasteiger partial charge on any atom is -0.388 e. The van der Waals surface area contributed by atoms with Crippen LogP contribution in [0.4, 0.5) is 14.9 Å². The van der Waals surface area contributed by atoms with Crippen molar-refractivity contribution in [3.8, 4) is 0 Å². The third-order valence-corrected chi connectivity index (χ3v) is 5.27. The van der Waals surface area contributed by atoms with E-state index in [2.05, 4.69) is 4.90 Å². The third kappa shape index (κ3) is 5.12. The minimum absolute atomic E-state index is 0.0532. The van der Waals surface area contributed by atoms with E-state index in [1.165, 1.54) is 18.2 Å². The lowest BCUT2D eigenvalue weighted by molar-refractivity contribution is 0.0903. The lowest BCUT2D eigenvalue weighted by Gasteiger charge is -2.36. The van der Waals surface area contributed by atoms with E-state index in [1.54, 1.807) is 34.1 Å². The summed E-state index contributed by atoms with van der Waals surface area (Å²) in [7, 11) is 2.01. The summed E-state index contributed by atoms with van der Waals surface area (Å²) in [5.41, 5.74) is 1.69. The Balaban J connectivity index is 1.87. The number of carbonyl (C=O) groups excluding carboxylic acids is 2. The molecule has 6 nitrogen and oxygen atoms in total. The number of amides is 2. The summed E-state index contributed by atoms with van der Waals surface area (Å²) in [6.45, 7) is 2.45. The van der Waals surface area contributed by atoms with Crippen molar-refractivity contribution in [2.24, 2.45) is 0 Å². The van der Waals surface area contributed by atoms with Gasteiger partial charge in [0.05, 0.1) is 11.6 Å². The van der Waals surface area contributed by atoms with E-state index in [1.807, 2.05) is 7.05 Å². The second kappa shape index (κ2) is 9.35. The monoisotopic (exact) mass is 419 g/mol. The van der Waals surface area contributed by atoms with Gasteiger partial charge in [0.2, 0.25) is 0 Å². The van der Waals surface area contributed by atoms with Crippen molar-refractivity contribution in [3.63, 3.8) is 0 Å². The molecule has 3 rings (SSSR count). The molecule has 1 aliphatic rings. The molecule has 0 spiro atoms. The number of hydrogen-bond donors (Lipinski definition) is 1. The number of piperazine rings is 1. The number of nitrogens with zero attached hydrogens (tertiary/aromatic N) is 3. The molecule has 1 N–H and O–H groups in total. The highest BCUT2D eigenvalue weighted by Crippen LogP contribution is 2.25. The molecular weight excluding hydrogens is 397 g/mol. The number of ketones is 1. The number of halogens is 2. The summed E-state index contributed by atoms with van der Waals surface area (Å²) in [5.74, 6) is -0.915. The third-order valence-electron chi connectivity index (χ3n) is 4.98. The first kappa shape index (κ1) is 21.2. The number of anilines is 1. The van der Waals surface area contributed by atoms with E-state index >= 15 is 0 Å². The Kier molecular flexibility index (Phi) is 6.84. The van der Waals surface area contributed by atoms with Crippen LogP contribution in [-0.2, 0) is 6.54 Å². The molecule has 1 fully saturated rings. The molecule has 0 aromatic heterocycles. The summed E-state index contributed by atoms with van der Waals surface area (Å²) in [6, 6.07) is 10.7. The standard InChI is InChI=1S/C21H23ClFN3O3/c1-24-8-10-25(11-9-24)21(29)26(17-6-7-19(23)18(22)12-17)13-15-2-4-16(5-3-15)20(28)14-27/h2-7,12,27H,8-11,13-14H2,1H3. The fraction of sp³-hybridized carbons (Fsp3) is 0.333. The lowest BCUT2D eigenvalue weighted by atomic mass is 10.1. The molecule has 2 amide bonds. The number of urea groups is 1. The van der Waals surface area contributed by atoms with E-state index in [-0.39, 0.29) is 23.4 Å². The predicted octanol–water partition coefficient (Wildman–Crippen LogP) is 3.03. The molecule has 1 saturated heterocycles. The summed E-state index contributed by atoms with van der Waals surface area (Å²) >= 11 is 5.95. The number of likely N-dealkylation sites (N-methyl/N-ethyl adjacent to an activating group) is 1. The van der Waals surface area contributed by atoms with Gasteiger partial charge in [-0.05, 0) is 30.8 Å². The van der Waals surface area contributed by atoms with Gasteiger partial charge in [0.15, 0.2) is 5.78 Å². The van der Waals surface area contributed by atoms with Crippen molar-refractivity contribution in [2.75, 3.05) is 44.7 Å². The number of hydrogen-bond acceptors (Lipinski definition) is 4. The smallest absolute Gasteiger partial charge is 0.324 e. The molecule has 0 bridgehead atoms. The zero-order valence-corrected chi connectivity index (χ0v) is 16.9. The van der Waals surface area contributed by atoms with E-state index in [0.29, 0.717) is 24.3 Å². The maximum absolute atomic E-state index is 13.6. The van der Waals surface area contributed by atoms with Crippen LogP contribution in [0.5, 0.6) is 0 Å². The maximum atomic E-state index is 13.6. The molecule has 0 atom stereocenters. The zero-order chi connectivity index (χ0) is 21.0. The van der Waals surface area contributed by atoms with Crippen molar-refractivity contribution in [3.05, 3.63) is 64.4 Å². The Morgan fingerprint density at radius 1 is 1.10 bits per heavy atom. The number of carbonyl (C=O) groups is 2. The van der Waals surface area contributed by atoms with E-state index in [9.17, 15) is 14.0 Å². The van der Waals surface area contributed by atoms with Gasteiger partial charge in [-0.15, -0.1) is 0 Å². The molecule has 0 radical (unpaired) electrons. The Morgan fingerprint density at radius 3 is 2.34 bits per heavy atom. The van der Waals surface area contributed by atoms with E-state index < -0.39 is 12.4 Å². The Bertz CT molecular complexity index is 883. The fourth-order valence-electron chi connectivity index (χ4n) is 3.16.